The molecule has 0 radical (unpaired) electrons. The molecule has 0 aliphatic rings. The topological polar surface area (TPSA) is 52.6 Å². The number of ether oxygens (including phenoxy) is 2. The van der Waals surface area contributed by atoms with Crippen LogP contribution in [0.5, 0.6) is 0 Å². The molecule has 0 spiro atoms. The smallest absolute Gasteiger partial charge is 0.334 e. The molecule has 20 heavy (non-hydrogen) atoms. The monoisotopic (exact) mass is 280 g/mol. The lowest BCUT2D eigenvalue weighted by molar-refractivity contribution is -0.145. The van der Waals surface area contributed by atoms with Crippen LogP contribution in [0.1, 0.15) is 25.8 Å². The van der Waals surface area contributed by atoms with Gasteiger partial charge in [-0.2, -0.15) is 0 Å². The number of benzene rings is 1. The number of carbonyl (C=O) groups is 2. The first kappa shape index (κ1) is 15.9. The van der Waals surface area contributed by atoms with Crippen LogP contribution in [-0.2, 0) is 19.1 Å². The Balaban J connectivity index is 2.97. The summed E-state index contributed by atoms with van der Waals surface area (Å²) in [5, 5.41) is 0. The molecule has 0 saturated carbocycles. The van der Waals surface area contributed by atoms with Gasteiger partial charge in [0.2, 0.25) is 0 Å². The van der Waals surface area contributed by atoms with Gasteiger partial charge in [0.25, 0.3) is 0 Å². The van der Waals surface area contributed by atoms with E-state index in [0.29, 0.717) is 5.56 Å². The SMILES string of the molecule is CCOC(=O)CC(=Cc1cccc(F)c1)C(=O)OCC. The fraction of sp³-hybridized carbons (Fsp3) is 0.333. The summed E-state index contributed by atoms with van der Waals surface area (Å²) < 4.78 is 22.8. The number of rotatable bonds is 6. The summed E-state index contributed by atoms with van der Waals surface area (Å²) in [4.78, 5) is 23.3. The molecule has 5 heteroatoms. The molecule has 1 rings (SSSR count). The van der Waals surface area contributed by atoms with Gasteiger partial charge >= 0.3 is 11.9 Å². The summed E-state index contributed by atoms with van der Waals surface area (Å²) in [7, 11) is 0. The molecule has 108 valence electrons. The Morgan fingerprint density at radius 1 is 1.20 bits per heavy atom. The highest BCUT2D eigenvalue weighted by Gasteiger charge is 2.16. The van der Waals surface area contributed by atoms with E-state index in [1.54, 1.807) is 19.9 Å². The maximum absolute atomic E-state index is 13.1. The molecule has 0 amide bonds. The third-order valence-electron chi connectivity index (χ3n) is 2.37. The van der Waals surface area contributed by atoms with Crippen molar-refractivity contribution in [1.29, 1.82) is 0 Å². The number of esters is 2. The van der Waals surface area contributed by atoms with Crippen LogP contribution >= 0.6 is 0 Å². The van der Waals surface area contributed by atoms with Crippen molar-refractivity contribution in [3.05, 3.63) is 41.2 Å². The Morgan fingerprint density at radius 3 is 2.50 bits per heavy atom. The molecule has 0 aliphatic carbocycles. The van der Waals surface area contributed by atoms with Crippen LogP contribution in [0.25, 0.3) is 6.08 Å². The second kappa shape index (κ2) is 8.09. The molecule has 0 fully saturated rings. The van der Waals surface area contributed by atoms with Gasteiger partial charge in [0.15, 0.2) is 0 Å². The fourth-order valence-electron chi connectivity index (χ4n) is 1.57. The number of halogens is 1. The van der Waals surface area contributed by atoms with Crippen molar-refractivity contribution >= 4 is 18.0 Å². The van der Waals surface area contributed by atoms with Crippen LogP contribution in [0, 0.1) is 5.82 Å². The quantitative estimate of drug-likeness (QED) is 0.594. The van der Waals surface area contributed by atoms with Gasteiger partial charge in [0.1, 0.15) is 5.82 Å². The third kappa shape index (κ3) is 5.22. The summed E-state index contributed by atoms with van der Waals surface area (Å²) in [5.41, 5.74) is 0.619. The summed E-state index contributed by atoms with van der Waals surface area (Å²) in [6, 6.07) is 5.72. The van der Waals surface area contributed by atoms with E-state index in [-0.39, 0.29) is 25.2 Å². The fourth-order valence-corrected chi connectivity index (χ4v) is 1.57. The van der Waals surface area contributed by atoms with Gasteiger partial charge in [-0.1, -0.05) is 12.1 Å². The van der Waals surface area contributed by atoms with Crippen LogP contribution in [0.2, 0.25) is 0 Å². The number of hydrogen-bond donors (Lipinski definition) is 0. The van der Waals surface area contributed by atoms with Gasteiger partial charge < -0.3 is 9.47 Å². The van der Waals surface area contributed by atoms with Crippen molar-refractivity contribution < 1.29 is 23.5 Å². The normalized spacial score (nSPS) is 11.1. The first-order chi connectivity index (χ1) is 9.56. The molecule has 0 aliphatic heterocycles. The Morgan fingerprint density at radius 2 is 1.90 bits per heavy atom. The Kier molecular flexibility index (Phi) is 6.43. The van der Waals surface area contributed by atoms with E-state index in [2.05, 4.69) is 0 Å². The van der Waals surface area contributed by atoms with Crippen LogP contribution < -0.4 is 0 Å². The minimum absolute atomic E-state index is 0.135. The predicted octanol–water partition coefficient (Wildman–Crippen LogP) is 2.73. The summed E-state index contributed by atoms with van der Waals surface area (Å²) >= 11 is 0. The van der Waals surface area contributed by atoms with Gasteiger partial charge in [-0.15, -0.1) is 0 Å². The van der Waals surface area contributed by atoms with Crippen LogP contribution in [-0.4, -0.2) is 25.2 Å². The molecule has 4 nitrogen and oxygen atoms in total. The lowest BCUT2D eigenvalue weighted by Crippen LogP contribution is -2.13. The number of hydrogen-bond acceptors (Lipinski definition) is 4. The minimum atomic E-state index is -0.607. The van der Waals surface area contributed by atoms with Crippen molar-refractivity contribution in [2.75, 3.05) is 13.2 Å². The minimum Gasteiger partial charge on any atom is -0.466 e. The second-order valence-electron chi connectivity index (χ2n) is 3.93. The molecule has 0 N–H and O–H groups in total. The van der Waals surface area contributed by atoms with Crippen LogP contribution in [0.4, 0.5) is 4.39 Å². The second-order valence-corrected chi connectivity index (χ2v) is 3.93. The van der Waals surface area contributed by atoms with E-state index < -0.39 is 17.8 Å². The zero-order chi connectivity index (χ0) is 15.0. The highest BCUT2D eigenvalue weighted by atomic mass is 19.1. The van der Waals surface area contributed by atoms with Gasteiger partial charge in [0.05, 0.1) is 19.6 Å². The lowest BCUT2D eigenvalue weighted by Gasteiger charge is -2.07. The van der Waals surface area contributed by atoms with Crippen molar-refractivity contribution in [1.82, 2.24) is 0 Å². The molecule has 0 atom stereocenters. The van der Waals surface area contributed by atoms with Gasteiger partial charge in [0, 0.05) is 5.57 Å². The third-order valence-corrected chi connectivity index (χ3v) is 2.37. The first-order valence-electron chi connectivity index (χ1n) is 6.35. The van der Waals surface area contributed by atoms with E-state index in [1.165, 1.54) is 24.3 Å². The highest BCUT2D eigenvalue weighted by Crippen LogP contribution is 2.14. The van der Waals surface area contributed by atoms with E-state index in [1.807, 2.05) is 0 Å². The molecule has 0 unspecified atom stereocenters. The van der Waals surface area contributed by atoms with Crippen molar-refractivity contribution in [2.45, 2.75) is 20.3 Å². The van der Waals surface area contributed by atoms with Crippen molar-refractivity contribution in [2.24, 2.45) is 0 Å². The number of carbonyl (C=O) groups excluding carboxylic acids is 2. The summed E-state index contributed by atoms with van der Waals surface area (Å²) in [6.45, 7) is 3.78. The molecule has 1 aromatic rings. The van der Waals surface area contributed by atoms with E-state index in [4.69, 9.17) is 9.47 Å². The zero-order valence-electron chi connectivity index (χ0n) is 11.5. The van der Waals surface area contributed by atoms with E-state index in [9.17, 15) is 14.0 Å². The molecular weight excluding hydrogens is 263 g/mol. The average Bonchev–Trinajstić information content (AvgIpc) is 2.38. The van der Waals surface area contributed by atoms with Crippen molar-refractivity contribution in [3.63, 3.8) is 0 Å². The Hall–Kier alpha value is -2.17. The van der Waals surface area contributed by atoms with Crippen LogP contribution in [0.15, 0.2) is 29.8 Å². The maximum Gasteiger partial charge on any atom is 0.334 e. The van der Waals surface area contributed by atoms with Crippen molar-refractivity contribution in [3.8, 4) is 0 Å². The zero-order valence-corrected chi connectivity index (χ0v) is 11.5. The first-order valence-corrected chi connectivity index (χ1v) is 6.35. The largest absolute Gasteiger partial charge is 0.466 e. The molecule has 0 bridgehead atoms. The van der Waals surface area contributed by atoms with Gasteiger partial charge in [-0.25, -0.2) is 9.18 Å². The molecule has 1 aromatic carbocycles. The maximum atomic E-state index is 13.1. The van der Waals surface area contributed by atoms with Gasteiger partial charge in [-0.3, -0.25) is 4.79 Å². The Labute approximate surface area is 117 Å². The van der Waals surface area contributed by atoms with Crippen LogP contribution in [0.3, 0.4) is 0 Å². The average molecular weight is 280 g/mol. The molecular formula is C15H17FO4. The predicted molar refractivity (Wildman–Crippen MR) is 72.3 cm³/mol. The standard InChI is InChI=1S/C15H17FO4/c1-3-19-14(17)10-12(15(18)20-4-2)8-11-6-5-7-13(16)9-11/h5-9H,3-4,10H2,1-2H3. The summed E-state index contributed by atoms with van der Waals surface area (Å²) in [5.74, 6) is -1.55. The highest BCUT2D eigenvalue weighted by molar-refractivity contribution is 5.98. The lowest BCUT2D eigenvalue weighted by atomic mass is 10.1. The molecule has 0 saturated heterocycles. The van der Waals surface area contributed by atoms with E-state index in [0.717, 1.165) is 0 Å². The molecule has 0 aromatic heterocycles. The van der Waals surface area contributed by atoms with Gasteiger partial charge in [-0.05, 0) is 37.6 Å². The molecule has 0 heterocycles. The Bertz CT molecular complexity index is 508. The summed E-state index contributed by atoms with van der Waals surface area (Å²) in [6.07, 6.45) is 1.22. The van der Waals surface area contributed by atoms with E-state index >= 15 is 0 Å².